The van der Waals surface area contributed by atoms with Crippen LogP contribution < -0.4 is 10.1 Å². The Kier molecular flexibility index (Phi) is 7.08. The van der Waals surface area contributed by atoms with Crippen LogP contribution in [-0.2, 0) is 6.54 Å². The Balaban J connectivity index is 1.31. The number of hydrogen-bond donors (Lipinski definition) is 3. The van der Waals surface area contributed by atoms with Crippen LogP contribution in [0.2, 0.25) is 0 Å². The number of carbonyl (C=O) groups excluding carboxylic acids is 1. The zero-order chi connectivity index (χ0) is 26.6. The molecule has 5 rings (SSSR count). The van der Waals surface area contributed by atoms with E-state index in [2.05, 4.69) is 43.7 Å². The molecule has 1 amide bonds. The first-order valence-electron chi connectivity index (χ1n) is 12.6. The highest BCUT2D eigenvalue weighted by molar-refractivity contribution is 5.97. The van der Waals surface area contributed by atoms with Gasteiger partial charge in [0, 0.05) is 48.7 Å². The number of nitrogens with one attached hydrogen (secondary N) is 2. The number of hydrogen-bond acceptors (Lipinski definition) is 6. The molecule has 0 aliphatic heterocycles. The van der Waals surface area contributed by atoms with Crippen LogP contribution in [-0.4, -0.2) is 49.2 Å². The van der Waals surface area contributed by atoms with Crippen LogP contribution in [0.3, 0.4) is 0 Å². The lowest BCUT2D eigenvalue weighted by Gasteiger charge is -2.10. The van der Waals surface area contributed by atoms with E-state index in [0.717, 1.165) is 35.4 Å². The predicted octanol–water partition coefficient (Wildman–Crippen LogP) is 5.15. The molecule has 38 heavy (non-hydrogen) atoms. The molecule has 3 heterocycles. The predicted molar refractivity (Wildman–Crippen MR) is 146 cm³/mol. The molecule has 0 bridgehead atoms. The standard InChI is InChI=1S/C29H30N6O3/c1-18(2)27-30-13-15-35(27)14-5-12-31-28(37)20-7-9-23-24(17-20)34-26(33-23)22-16-19(8-10-25(22)36)21-6-4-11-32-29(21)38-3/h4,6-11,13,15-18,36H,5,12,14H2,1-3H3,(H,31,37)(H,33,34). The first-order valence-corrected chi connectivity index (χ1v) is 12.6. The number of aryl methyl sites for hydroxylation is 1. The second kappa shape index (κ2) is 10.8. The normalized spacial score (nSPS) is 11.3. The Morgan fingerprint density at radius 1 is 1.11 bits per heavy atom. The number of phenols is 1. The summed E-state index contributed by atoms with van der Waals surface area (Å²) in [7, 11) is 1.57. The molecule has 9 heteroatoms. The fourth-order valence-corrected chi connectivity index (χ4v) is 4.50. The maximum atomic E-state index is 12.8. The van der Waals surface area contributed by atoms with Crippen molar-refractivity contribution in [2.24, 2.45) is 0 Å². The van der Waals surface area contributed by atoms with Gasteiger partial charge in [-0.1, -0.05) is 19.9 Å². The number of amides is 1. The lowest BCUT2D eigenvalue weighted by molar-refractivity contribution is 0.0953. The van der Waals surface area contributed by atoms with Crippen LogP contribution in [0.25, 0.3) is 33.5 Å². The molecule has 5 aromatic rings. The number of nitrogens with zero attached hydrogens (tertiary/aromatic N) is 4. The van der Waals surface area contributed by atoms with Gasteiger partial charge in [-0.25, -0.2) is 15.0 Å². The van der Waals surface area contributed by atoms with E-state index in [1.54, 1.807) is 37.6 Å². The summed E-state index contributed by atoms with van der Waals surface area (Å²) in [6.07, 6.45) is 6.25. The SMILES string of the molecule is COc1ncccc1-c1ccc(O)c(-c2nc3cc(C(=O)NCCCn4ccnc4C(C)C)ccc3[nH]2)c1. The Bertz CT molecular complexity index is 1590. The van der Waals surface area contributed by atoms with Gasteiger partial charge in [0.05, 0.1) is 23.7 Å². The van der Waals surface area contributed by atoms with Gasteiger partial charge in [-0.2, -0.15) is 0 Å². The number of benzene rings is 2. The zero-order valence-corrected chi connectivity index (χ0v) is 21.6. The highest BCUT2D eigenvalue weighted by Gasteiger charge is 2.15. The maximum Gasteiger partial charge on any atom is 0.251 e. The fourth-order valence-electron chi connectivity index (χ4n) is 4.50. The van der Waals surface area contributed by atoms with Crippen LogP contribution in [0.4, 0.5) is 0 Å². The van der Waals surface area contributed by atoms with E-state index in [0.29, 0.717) is 40.8 Å². The lowest BCUT2D eigenvalue weighted by atomic mass is 10.0. The van der Waals surface area contributed by atoms with Crippen molar-refractivity contribution in [3.05, 3.63) is 78.5 Å². The summed E-state index contributed by atoms with van der Waals surface area (Å²) in [5, 5.41) is 13.6. The smallest absolute Gasteiger partial charge is 0.251 e. The minimum absolute atomic E-state index is 0.0900. The topological polar surface area (TPSA) is 118 Å². The number of aromatic nitrogens is 5. The number of fused-ring (bicyclic) bond motifs is 1. The third kappa shape index (κ3) is 5.08. The number of pyridine rings is 1. The highest BCUT2D eigenvalue weighted by atomic mass is 16.5. The van der Waals surface area contributed by atoms with Crippen molar-refractivity contribution in [1.29, 1.82) is 0 Å². The Hall–Kier alpha value is -4.66. The van der Waals surface area contributed by atoms with Crippen molar-refractivity contribution in [1.82, 2.24) is 29.8 Å². The third-order valence-electron chi connectivity index (χ3n) is 6.40. The van der Waals surface area contributed by atoms with Gasteiger partial charge in [-0.05, 0) is 54.4 Å². The molecule has 2 aromatic carbocycles. The molecule has 0 atom stereocenters. The highest BCUT2D eigenvalue weighted by Crippen LogP contribution is 2.35. The van der Waals surface area contributed by atoms with Gasteiger partial charge in [0.1, 0.15) is 17.4 Å². The van der Waals surface area contributed by atoms with E-state index in [4.69, 9.17) is 4.74 Å². The molecule has 3 N–H and O–H groups in total. The summed E-state index contributed by atoms with van der Waals surface area (Å²) in [6, 6.07) is 14.4. The van der Waals surface area contributed by atoms with Crippen LogP contribution in [0.5, 0.6) is 11.6 Å². The van der Waals surface area contributed by atoms with E-state index < -0.39 is 0 Å². The van der Waals surface area contributed by atoms with Gasteiger partial charge in [0.25, 0.3) is 5.91 Å². The first-order chi connectivity index (χ1) is 18.4. The Morgan fingerprint density at radius 3 is 2.79 bits per heavy atom. The molecule has 0 unspecified atom stereocenters. The average Bonchev–Trinajstić information content (AvgIpc) is 3.58. The number of aromatic hydroxyl groups is 1. The Labute approximate surface area is 220 Å². The molecule has 3 aromatic heterocycles. The van der Waals surface area contributed by atoms with Crippen molar-refractivity contribution in [3.63, 3.8) is 0 Å². The van der Waals surface area contributed by atoms with Gasteiger partial charge in [-0.15, -0.1) is 0 Å². The van der Waals surface area contributed by atoms with E-state index >= 15 is 0 Å². The largest absolute Gasteiger partial charge is 0.507 e. The number of rotatable bonds is 9. The number of ether oxygens (including phenoxy) is 1. The molecular weight excluding hydrogens is 480 g/mol. The minimum atomic E-state index is -0.153. The van der Waals surface area contributed by atoms with E-state index in [-0.39, 0.29) is 11.7 Å². The summed E-state index contributed by atoms with van der Waals surface area (Å²) >= 11 is 0. The quantitative estimate of drug-likeness (QED) is 0.236. The lowest BCUT2D eigenvalue weighted by Crippen LogP contribution is -2.25. The number of methoxy groups -OCH3 is 1. The van der Waals surface area contributed by atoms with Gasteiger partial charge in [-0.3, -0.25) is 4.79 Å². The molecule has 0 saturated heterocycles. The third-order valence-corrected chi connectivity index (χ3v) is 6.40. The summed E-state index contributed by atoms with van der Waals surface area (Å²) in [5.41, 5.74) is 4.10. The van der Waals surface area contributed by atoms with Crippen molar-refractivity contribution in [2.75, 3.05) is 13.7 Å². The second-order valence-corrected chi connectivity index (χ2v) is 9.35. The molecule has 0 aliphatic rings. The number of phenolic OH excluding ortho intramolecular Hbond substituents is 1. The van der Waals surface area contributed by atoms with Crippen molar-refractivity contribution in [2.45, 2.75) is 32.7 Å². The monoisotopic (exact) mass is 510 g/mol. The van der Waals surface area contributed by atoms with Crippen LogP contribution in [0.1, 0.15) is 42.4 Å². The summed E-state index contributed by atoms with van der Waals surface area (Å²) in [6.45, 7) is 5.58. The molecule has 0 aliphatic carbocycles. The first kappa shape index (κ1) is 25.0. The molecule has 194 valence electrons. The van der Waals surface area contributed by atoms with Gasteiger partial charge in [0.15, 0.2) is 0 Å². The average molecular weight is 511 g/mol. The number of aromatic amines is 1. The summed E-state index contributed by atoms with van der Waals surface area (Å²) in [4.78, 5) is 29.4. The van der Waals surface area contributed by atoms with Crippen LogP contribution in [0.15, 0.2) is 67.1 Å². The molecule has 0 radical (unpaired) electrons. The zero-order valence-electron chi connectivity index (χ0n) is 21.6. The molecular formula is C29H30N6O3. The fraction of sp³-hybridized carbons (Fsp3) is 0.241. The molecule has 0 fully saturated rings. The van der Waals surface area contributed by atoms with Crippen LogP contribution in [0, 0.1) is 0 Å². The molecule has 0 spiro atoms. The van der Waals surface area contributed by atoms with Gasteiger partial charge in [0.2, 0.25) is 5.88 Å². The summed E-state index contributed by atoms with van der Waals surface area (Å²) < 4.78 is 7.52. The van der Waals surface area contributed by atoms with Crippen LogP contribution >= 0.6 is 0 Å². The maximum absolute atomic E-state index is 12.8. The summed E-state index contributed by atoms with van der Waals surface area (Å²) in [5.74, 6) is 2.34. The Morgan fingerprint density at radius 2 is 1.97 bits per heavy atom. The van der Waals surface area contributed by atoms with Crippen molar-refractivity contribution >= 4 is 16.9 Å². The number of carbonyl (C=O) groups is 1. The second-order valence-electron chi connectivity index (χ2n) is 9.35. The van der Waals surface area contributed by atoms with E-state index in [1.807, 2.05) is 36.7 Å². The molecule has 9 nitrogen and oxygen atoms in total. The molecule has 0 saturated carbocycles. The number of H-pyrrole nitrogens is 1. The minimum Gasteiger partial charge on any atom is -0.507 e. The van der Waals surface area contributed by atoms with E-state index in [9.17, 15) is 9.90 Å². The van der Waals surface area contributed by atoms with E-state index in [1.165, 1.54) is 0 Å². The van der Waals surface area contributed by atoms with Crippen molar-refractivity contribution in [3.8, 4) is 34.1 Å². The van der Waals surface area contributed by atoms with Gasteiger partial charge >= 0.3 is 0 Å². The number of imidazole rings is 2. The van der Waals surface area contributed by atoms with Crippen molar-refractivity contribution < 1.29 is 14.6 Å². The van der Waals surface area contributed by atoms with Gasteiger partial charge < -0.3 is 24.7 Å².